The quantitative estimate of drug-likeness (QED) is 0.788. The van der Waals surface area contributed by atoms with E-state index in [1.807, 2.05) is 0 Å². The summed E-state index contributed by atoms with van der Waals surface area (Å²) in [4.78, 5) is 23.6. The molecule has 0 radical (unpaired) electrons. The van der Waals surface area contributed by atoms with Gasteiger partial charge in [-0.05, 0) is 36.4 Å². The smallest absolute Gasteiger partial charge is 0.338 e. The minimum atomic E-state index is -0.701. The fourth-order valence-electron chi connectivity index (χ4n) is 1.65. The number of hydrogen-bond donors (Lipinski definition) is 2. The summed E-state index contributed by atoms with van der Waals surface area (Å²) < 4.78 is 4.86. The fourth-order valence-corrected chi connectivity index (χ4v) is 2.56. The van der Waals surface area contributed by atoms with Gasteiger partial charge in [-0.3, -0.25) is 4.79 Å². The lowest BCUT2D eigenvalue weighted by molar-refractivity contribution is -0.119. The first-order valence-corrected chi connectivity index (χ1v) is 7.41. The van der Waals surface area contributed by atoms with Gasteiger partial charge < -0.3 is 15.2 Å². The van der Waals surface area contributed by atoms with Crippen molar-refractivity contribution in [2.75, 3.05) is 11.9 Å². The van der Waals surface area contributed by atoms with E-state index < -0.39 is 18.5 Å². The van der Waals surface area contributed by atoms with E-state index in [0.29, 0.717) is 5.02 Å². The highest BCUT2D eigenvalue weighted by atomic mass is 35.5. The van der Waals surface area contributed by atoms with Gasteiger partial charge in [-0.15, -0.1) is 0 Å². The Labute approximate surface area is 146 Å². The van der Waals surface area contributed by atoms with E-state index in [4.69, 9.17) is 44.6 Å². The molecule has 8 heteroatoms. The van der Waals surface area contributed by atoms with Gasteiger partial charge in [0.15, 0.2) is 6.61 Å². The molecule has 0 unspecified atom stereocenters. The molecule has 1 amide bonds. The Kier molecular flexibility index (Phi) is 5.71. The molecule has 0 aromatic heterocycles. The Morgan fingerprint density at radius 2 is 1.61 bits per heavy atom. The summed E-state index contributed by atoms with van der Waals surface area (Å²) in [7, 11) is 0. The summed E-state index contributed by atoms with van der Waals surface area (Å²) in [6, 6.07) is 8.28. The topological polar surface area (TPSA) is 75.6 Å². The van der Waals surface area contributed by atoms with Crippen LogP contribution in [-0.2, 0) is 9.53 Å². The molecule has 0 aliphatic carbocycles. The van der Waals surface area contributed by atoms with Crippen molar-refractivity contribution >= 4 is 52.4 Å². The first kappa shape index (κ1) is 17.4. The number of hydrogen-bond acceptors (Lipinski definition) is 4. The predicted octanol–water partition coefficient (Wildman–Crippen LogP) is 4.15. The van der Waals surface area contributed by atoms with Crippen LogP contribution in [0.3, 0.4) is 0 Å². The van der Waals surface area contributed by atoms with E-state index in [0.717, 1.165) is 0 Å². The molecule has 0 spiro atoms. The maximum atomic E-state index is 11.8. The number of halogens is 3. The Bertz CT molecular complexity index is 724. The van der Waals surface area contributed by atoms with Crippen molar-refractivity contribution in [1.82, 2.24) is 0 Å². The molecular formula is C15H10Cl3NO4. The number of aromatic hydroxyl groups is 1. The van der Waals surface area contributed by atoms with Crippen LogP contribution in [0, 0.1) is 0 Å². The number of esters is 1. The molecule has 2 aromatic carbocycles. The molecule has 120 valence electrons. The Morgan fingerprint density at radius 3 is 2.17 bits per heavy atom. The number of phenolic OH excluding ortho intramolecular Hbond substituents is 1. The van der Waals surface area contributed by atoms with Gasteiger partial charge in [-0.1, -0.05) is 34.8 Å². The molecule has 0 fully saturated rings. The first-order valence-electron chi connectivity index (χ1n) is 6.27. The second kappa shape index (κ2) is 7.55. The molecular weight excluding hydrogens is 365 g/mol. The number of benzene rings is 2. The van der Waals surface area contributed by atoms with Gasteiger partial charge in [0.1, 0.15) is 5.75 Å². The molecule has 2 rings (SSSR count). The fraction of sp³-hybridized carbons (Fsp3) is 0.0667. The van der Waals surface area contributed by atoms with E-state index in [2.05, 4.69) is 5.32 Å². The standard InChI is InChI=1S/C15H10Cl3NO4/c16-9-5-11(17)14(12(18)6-9)19-13(21)7-23-15(22)8-1-3-10(20)4-2-8/h1-6,20H,7H2,(H,19,21). The predicted molar refractivity (Wildman–Crippen MR) is 88.5 cm³/mol. The molecule has 0 atom stereocenters. The number of anilines is 1. The van der Waals surface area contributed by atoms with Gasteiger partial charge in [0.25, 0.3) is 5.91 Å². The van der Waals surface area contributed by atoms with Crippen LogP contribution >= 0.6 is 34.8 Å². The van der Waals surface area contributed by atoms with Crippen LogP contribution < -0.4 is 5.32 Å². The van der Waals surface area contributed by atoms with Crippen molar-refractivity contribution in [3.05, 3.63) is 57.0 Å². The third-order valence-electron chi connectivity index (χ3n) is 2.71. The zero-order valence-electron chi connectivity index (χ0n) is 11.5. The molecule has 0 heterocycles. The summed E-state index contributed by atoms with van der Waals surface area (Å²) in [5.74, 6) is -1.29. The van der Waals surface area contributed by atoms with Crippen LogP contribution in [0.15, 0.2) is 36.4 Å². The number of amides is 1. The number of rotatable bonds is 4. The number of phenols is 1. The third-order valence-corrected chi connectivity index (χ3v) is 3.52. The Morgan fingerprint density at radius 1 is 1.04 bits per heavy atom. The average molecular weight is 375 g/mol. The average Bonchev–Trinajstić information content (AvgIpc) is 2.49. The van der Waals surface area contributed by atoms with Crippen LogP contribution in [0.25, 0.3) is 0 Å². The molecule has 2 N–H and O–H groups in total. The van der Waals surface area contributed by atoms with Gasteiger partial charge in [0.05, 0.1) is 21.3 Å². The minimum Gasteiger partial charge on any atom is -0.508 e. The molecule has 0 bridgehead atoms. The molecule has 0 saturated carbocycles. The zero-order valence-corrected chi connectivity index (χ0v) is 13.7. The van der Waals surface area contributed by atoms with Gasteiger partial charge in [0.2, 0.25) is 0 Å². The van der Waals surface area contributed by atoms with Crippen molar-refractivity contribution in [2.24, 2.45) is 0 Å². The molecule has 0 saturated heterocycles. The number of ether oxygens (including phenoxy) is 1. The van der Waals surface area contributed by atoms with Gasteiger partial charge in [-0.2, -0.15) is 0 Å². The number of nitrogens with one attached hydrogen (secondary N) is 1. The monoisotopic (exact) mass is 373 g/mol. The van der Waals surface area contributed by atoms with Crippen LogP contribution in [0.4, 0.5) is 5.69 Å². The lowest BCUT2D eigenvalue weighted by Gasteiger charge is -2.10. The Balaban J connectivity index is 1.95. The van der Waals surface area contributed by atoms with Crippen LogP contribution in [0.2, 0.25) is 15.1 Å². The maximum absolute atomic E-state index is 11.8. The zero-order chi connectivity index (χ0) is 17.0. The van der Waals surface area contributed by atoms with Gasteiger partial charge in [0, 0.05) is 5.02 Å². The van der Waals surface area contributed by atoms with Crippen molar-refractivity contribution in [3.8, 4) is 5.75 Å². The first-order chi connectivity index (χ1) is 10.9. The van der Waals surface area contributed by atoms with Gasteiger partial charge >= 0.3 is 5.97 Å². The van der Waals surface area contributed by atoms with Crippen LogP contribution in [0.1, 0.15) is 10.4 Å². The maximum Gasteiger partial charge on any atom is 0.338 e. The molecule has 0 aliphatic rings. The lowest BCUT2D eigenvalue weighted by Crippen LogP contribution is -2.21. The van der Waals surface area contributed by atoms with E-state index in [1.54, 1.807) is 0 Å². The van der Waals surface area contributed by atoms with Crippen LogP contribution in [-0.4, -0.2) is 23.6 Å². The second-order valence-electron chi connectivity index (χ2n) is 4.42. The highest BCUT2D eigenvalue weighted by Gasteiger charge is 2.14. The van der Waals surface area contributed by atoms with Crippen LogP contribution in [0.5, 0.6) is 5.75 Å². The molecule has 0 aliphatic heterocycles. The van der Waals surface area contributed by atoms with Crippen molar-refractivity contribution < 1.29 is 19.4 Å². The largest absolute Gasteiger partial charge is 0.508 e. The summed E-state index contributed by atoms with van der Waals surface area (Å²) >= 11 is 17.6. The van der Waals surface area contributed by atoms with E-state index in [-0.39, 0.29) is 27.0 Å². The van der Waals surface area contributed by atoms with E-state index in [1.165, 1.54) is 36.4 Å². The normalized spacial score (nSPS) is 10.2. The lowest BCUT2D eigenvalue weighted by atomic mass is 10.2. The van der Waals surface area contributed by atoms with Crippen molar-refractivity contribution in [3.63, 3.8) is 0 Å². The van der Waals surface area contributed by atoms with E-state index in [9.17, 15) is 9.59 Å². The molecule has 23 heavy (non-hydrogen) atoms. The number of carbonyl (C=O) groups excluding carboxylic acids is 2. The highest BCUT2D eigenvalue weighted by molar-refractivity contribution is 6.42. The summed E-state index contributed by atoms with van der Waals surface area (Å²) in [6.07, 6.45) is 0. The summed E-state index contributed by atoms with van der Waals surface area (Å²) in [6.45, 7) is -0.519. The third kappa shape index (κ3) is 4.76. The molecule has 5 nitrogen and oxygen atoms in total. The van der Waals surface area contributed by atoms with Crippen molar-refractivity contribution in [2.45, 2.75) is 0 Å². The Hall–Kier alpha value is -1.95. The summed E-state index contributed by atoms with van der Waals surface area (Å²) in [5.41, 5.74) is 0.390. The van der Waals surface area contributed by atoms with E-state index >= 15 is 0 Å². The molecule has 2 aromatic rings. The number of carbonyl (C=O) groups is 2. The summed E-state index contributed by atoms with van der Waals surface area (Å²) in [5, 5.41) is 12.2. The SMILES string of the molecule is O=C(COC(=O)c1ccc(O)cc1)Nc1c(Cl)cc(Cl)cc1Cl. The minimum absolute atomic E-state index is 0.0197. The second-order valence-corrected chi connectivity index (χ2v) is 5.67. The highest BCUT2D eigenvalue weighted by Crippen LogP contribution is 2.33. The van der Waals surface area contributed by atoms with Crippen molar-refractivity contribution in [1.29, 1.82) is 0 Å². The van der Waals surface area contributed by atoms with Gasteiger partial charge in [-0.25, -0.2) is 4.79 Å².